The summed E-state index contributed by atoms with van der Waals surface area (Å²) in [5, 5.41) is 2.68. The van der Waals surface area contributed by atoms with Crippen molar-refractivity contribution in [3.05, 3.63) is 58.1 Å². The minimum Gasteiger partial charge on any atom is -0.306 e. The van der Waals surface area contributed by atoms with E-state index in [4.69, 9.17) is 0 Å². The standard InChI is InChI=1S/C24H26N4O5S3/c1-28-11-9-20-17(14-28)13-22(34-20)36(32,33)27-24(29)26-23-18-5-3-4-15(18)6-7-19(23)16-8-10-25-21(12-16)35(2,30)31/h6-8,10,12-13H,3-5,9,11,14H2,1-2H3,(H2,26,27,29). The maximum Gasteiger partial charge on any atom is 0.333 e. The Bertz CT molecular complexity index is 1580. The zero-order valence-electron chi connectivity index (χ0n) is 19.9. The van der Waals surface area contributed by atoms with Gasteiger partial charge in [-0.05, 0) is 73.2 Å². The Hall–Kier alpha value is -2.80. The van der Waals surface area contributed by atoms with Crippen molar-refractivity contribution in [2.75, 3.05) is 25.2 Å². The highest BCUT2D eigenvalue weighted by Crippen LogP contribution is 2.38. The Kier molecular flexibility index (Phi) is 6.39. The molecule has 0 fully saturated rings. The number of rotatable bonds is 5. The average molecular weight is 547 g/mol. The number of fused-ring (bicyclic) bond motifs is 2. The van der Waals surface area contributed by atoms with Gasteiger partial charge in [-0.1, -0.05) is 12.1 Å². The molecule has 0 radical (unpaired) electrons. The molecule has 0 saturated heterocycles. The van der Waals surface area contributed by atoms with Crippen LogP contribution in [0.15, 0.2) is 45.8 Å². The number of thiophene rings is 1. The van der Waals surface area contributed by atoms with E-state index in [-0.39, 0.29) is 9.24 Å². The third kappa shape index (κ3) is 4.90. The Morgan fingerprint density at radius 3 is 2.64 bits per heavy atom. The maximum atomic E-state index is 13.0. The van der Waals surface area contributed by atoms with Crippen molar-refractivity contribution < 1.29 is 21.6 Å². The van der Waals surface area contributed by atoms with Crippen molar-refractivity contribution in [3.8, 4) is 11.1 Å². The minimum absolute atomic E-state index is 0.0780. The normalized spacial score (nSPS) is 15.8. The highest BCUT2D eigenvalue weighted by molar-refractivity contribution is 7.92. The molecule has 1 aromatic carbocycles. The van der Waals surface area contributed by atoms with Crippen molar-refractivity contribution in [2.45, 2.75) is 41.5 Å². The largest absolute Gasteiger partial charge is 0.333 e. The summed E-state index contributed by atoms with van der Waals surface area (Å²) < 4.78 is 52.4. The van der Waals surface area contributed by atoms with E-state index in [0.29, 0.717) is 23.4 Å². The number of carbonyl (C=O) groups excluding carboxylic acids is 1. The number of likely N-dealkylation sites (N-methyl/N-ethyl adjacent to an activating group) is 1. The van der Waals surface area contributed by atoms with Crippen LogP contribution < -0.4 is 10.0 Å². The van der Waals surface area contributed by atoms with Crippen LogP contribution in [-0.4, -0.2) is 52.6 Å². The summed E-state index contributed by atoms with van der Waals surface area (Å²) in [5.41, 5.74) is 4.61. The summed E-state index contributed by atoms with van der Waals surface area (Å²) in [7, 11) is -5.61. The van der Waals surface area contributed by atoms with E-state index in [0.717, 1.165) is 60.1 Å². The molecular weight excluding hydrogens is 520 g/mol. The fourth-order valence-electron chi connectivity index (χ4n) is 4.72. The molecule has 1 aliphatic carbocycles. The van der Waals surface area contributed by atoms with Crippen LogP contribution in [0.3, 0.4) is 0 Å². The zero-order chi connectivity index (χ0) is 25.7. The number of sulfone groups is 1. The number of hydrogen-bond acceptors (Lipinski definition) is 8. The van der Waals surface area contributed by atoms with Gasteiger partial charge in [-0.15, -0.1) is 11.3 Å². The highest BCUT2D eigenvalue weighted by atomic mass is 32.2. The van der Waals surface area contributed by atoms with Crippen molar-refractivity contribution in [1.29, 1.82) is 0 Å². The van der Waals surface area contributed by atoms with Crippen LogP contribution in [0, 0.1) is 0 Å². The van der Waals surface area contributed by atoms with Gasteiger partial charge >= 0.3 is 6.03 Å². The Balaban J connectivity index is 1.45. The van der Waals surface area contributed by atoms with Gasteiger partial charge in [-0.25, -0.2) is 31.3 Å². The third-order valence-corrected chi connectivity index (χ3v) is 10.5. The van der Waals surface area contributed by atoms with Gasteiger partial charge in [0.15, 0.2) is 14.9 Å². The number of pyridine rings is 1. The lowest BCUT2D eigenvalue weighted by Gasteiger charge is -2.21. The molecule has 12 heteroatoms. The first-order chi connectivity index (χ1) is 17.0. The van der Waals surface area contributed by atoms with Gasteiger partial charge in [0.05, 0.1) is 5.69 Å². The molecule has 3 heterocycles. The lowest BCUT2D eigenvalue weighted by molar-refractivity contribution is 0.256. The summed E-state index contributed by atoms with van der Waals surface area (Å²) in [6, 6.07) is 7.68. The van der Waals surface area contributed by atoms with E-state index in [1.54, 1.807) is 12.1 Å². The van der Waals surface area contributed by atoms with Crippen molar-refractivity contribution in [1.82, 2.24) is 14.6 Å². The smallest absolute Gasteiger partial charge is 0.306 e. The van der Waals surface area contributed by atoms with E-state index in [1.165, 1.54) is 23.6 Å². The molecule has 0 atom stereocenters. The maximum absolute atomic E-state index is 13.0. The first kappa shape index (κ1) is 24.9. The first-order valence-electron chi connectivity index (χ1n) is 11.5. The predicted molar refractivity (Wildman–Crippen MR) is 139 cm³/mol. The summed E-state index contributed by atoms with van der Waals surface area (Å²) in [6.07, 6.45) is 5.75. The van der Waals surface area contributed by atoms with Gasteiger partial charge in [0.1, 0.15) is 4.21 Å². The van der Waals surface area contributed by atoms with Gasteiger partial charge in [0, 0.05) is 36.0 Å². The van der Waals surface area contributed by atoms with Crippen LogP contribution in [0.2, 0.25) is 0 Å². The molecule has 1 aliphatic heterocycles. The molecule has 2 aromatic heterocycles. The number of aryl methyl sites for hydroxylation is 1. The van der Waals surface area contributed by atoms with Crippen LogP contribution in [-0.2, 0) is 45.7 Å². The van der Waals surface area contributed by atoms with E-state index in [1.807, 2.05) is 19.2 Å². The second-order valence-corrected chi connectivity index (χ2v) is 14.2. The second kappa shape index (κ2) is 9.25. The summed E-state index contributed by atoms with van der Waals surface area (Å²) in [5.74, 6) is 0. The number of carbonyl (C=O) groups is 1. The van der Waals surface area contributed by atoms with E-state index in [2.05, 4.69) is 19.9 Å². The van der Waals surface area contributed by atoms with Crippen LogP contribution in [0.4, 0.5) is 10.5 Å². The van der Waals surface area contributed by atoms with Crippen LogP contribution in [0.1, 0.15) is 28.0 Å². The van der Waals surface area contributed by atoms with Gasteiger partial charge in [-0.2, -0.15) is 0 Å². The molecule has 190 valence electrons. The molecule has 5 rings (SSSR count). The zero-order valence-corrected chi connectivity index (χ0v) is 22.3. The Morgan fingerprint density at radius 2 is 1.86 bits per heavy atom. The lowest BCUT2D eigenvalue weighted by Crippen LogP contribution is -2.34. The highest BCUT2D eigenvalue weighted by Gasteiger charge is 2.27. The number of nitrogens with zero attached hydrogens (tertiary/aromatic N) is 2. The third-order valence-electron chi connectivity index (χ3n) is 6.47. The number of urea groups is 1. The Morgan fingerprint density at radius 1 is 1.06 bits per heavy atom. The van der Waals surface area contributed by atoms with Gasteiger partial charge in [0.25, 0.3) is 10.0 Å². The van der Waals surface area contributed by atoms with Gasteiger partial charge in [-0.3, -0.25) is 0 Å². The molecule has 2 aliphatic rings. The molecule has 0 unspecified atom stereocenters. The van der Waals surface area contributed by atoms with Crippen LogP contribution >= 0.6 is 11.3 Å². The van der Waals surface area contributed by atoms with Crippen molar-refractivity contribution in [2.24, 2.45) is 0 Å². The quantitative estimate of drug-likeness (QED) is 0.503. The number of anilines is 1. The first-order valence-corrected chi connectivity index (χ1v) is 15.7. The number of nitrogens with one attached hydrogen (secondary N) is 2. The average Bonchev–Trinajstić information content (AvgIpc) is 3.45. The number of aromatic nitrogens is 1. The molecule has 3 aromatic rings. The van der Waals surface area contributed by atoms with Crippen molar-refractivity contribution in [3.63, 3.8) is 0 Å². The number of hydrogen-bond donors (Lipinski definition) is 2. The predicted octanol–water partition coefficient (Wildman–Crippen LogP) is 3.20. The topological polar surface area (TPSA) is 126 Å². The van der Waals surface area contributed by atoms with Gasteiger partial charge in [0.2, 0.25) is 0 Å². The van der Waals surface area contributed by atoms with Gasteiger partial charge < -0.3 is 10.2 Å². The molecule has 9 nitrogen and oxygen atoms in total. The molecule has 2 N–H and O–H groups in total. The summed E-state index contributed by atoms with van der Waals surface area (Å²) in [6.45, 7) is 1.54. The monoisotopic (exact) mass is 546 g/mol. The van der Waals surface area contributed by atoms with Crippen LogP contribution in [0.5, 0.6) is 0 Å². The lowest BCUT2D eigenvalue weighted by atomic mass is 9.98. The molecule has 36 heavy (non-hydrogen) atoms. The van der Waals surface area contributed by atoms with E-state index in [9.17, 15) is 21.6 Å². The van der Waals surface area contributed by atoms with Crippen LogP contribution in [0.25, 0.3) is 11.1 Å². The van der Waals surface area contributed by atoms with E-state index < -0.39 is 25.9 Å². The summed E-state index contributed by atoms with van der Waals surface area (Å²) >= 11 is 1.20. The van der Waals surface area contributed by atoms with Crippen molar-refractivity contribution >= 4 is 42.9 Å². The molecular formula is C24H26N4O5S3. The Labute approximate surface area is 214 Å². The number of sulfonamides is 1. The molecule has 2 amide bonds. The van der Waals surface area contributed by atoms with E-state index >= 15 is 0 Å². The second-order valence-electron chi connectivity index (χ2n) is 9.20. The number of benzene rings is 1. The minimum atomic E-state index is -4.06. The fourth-order valence-corrected chi connectivity index (χ4v) is 7.76. The SMILES string of the molecule is CN1CCc2sc(S(=O)(=O)NC(=O)Nc3c(-c4ccnc(S(C)(=O)=O)c4)ccc4c3CCC4)cc2C1. The summed E-state index contributed by atoms with van der Waals surface area (Å²) in [4.78, 5) is 20.1. The molecule has 0 saturated carbocycles. The number of amides is 2. The molecule has 0 spiro atoms. The molecule has 0 bridgehead atoms. The fraction of sp³-hybridized carbons (Fsp3) is 0.333.